The summed E-state index contributed by atoms with van der Waals surface area (Å²) >= 11 is 0. The van der Waals surface area contributed by atoms with Gasteiger partial charge in [-0.05, 0) is 30.9 Å². The number of aliphatic imine (C=N–C) groups is 1. The van der Waals surface area contributed by atoms with Gasteiger partial charge >= 0.3 is 0 Å². The quantitative estimate of drug-likeness (QED) is 0.392. The maximum atomic E-state index is 12.4. The Morgan fingerprint density at radius 2 is 2.19 bits per heavy atom. The lowest BCUT2D eigenvalue weighted by Gasteiger charge is -2.24. The van der Waals surface area contributed by atoms with Crippen LogP contribution in [0.2, 0.25) is 0 Å². The van der Waals surface area contributed by atoms with Crippen molar-refractivity contribution in [1.29, 1.82) is 0 Å². The van der Waals surface area contributed by atoms with Crippen LogP contribution in [0.1, 0.15) is 32.9 Å². The molecule has 1 fully saturated rings. The van der Waals surface area contributed by atoms with Gasteiger partial charge in [0.05, 0.1) is 0 Å². The van der Waals surface area contributed by atoms with E-state index >= 15 is 0 Å². The lowest BCUT2D eigenvalue weighted by molar-refractivity contribution is -0.128. The molecule has 6 nitrogen and oxygen atoms in total. The average molecular weight is 473 g/mol. The Balaban J connectivity index is 0.00000338. The minimum absolute atomic E-state index is 0. The van der Waals surface area contributed by atoms with Crippen LogP contribution in [0.25, 0.3) is 0 Å². The van der Waals surface area contributed by atoms with E-state index in [0.29, 0.717) is 12.0 Å². The smallest absolute Gasteiger partial charge is 0.244 e. The number of guanidine groups is 1. The highest BCUT2D eigenvalue weighted by atomic mass is 127. The summed E-state index contributed by atoms with van der Waals surface area (Å²) in [7, 11) is 1.83. The number of likely N-dealkylation sites (N-methyl/N-ethyl adjacent to an activating group) is 1. The zero-order valence-electron chi connectivity index (χ0n) is 16.4. The van der Waals surface area contributed by atoms with Crippen LogP contribution >= 0.6 is 24.0 Å². The van der Waals surface area contributed by atoms with Crippen molar-refractivity contribution in [2.75, 3.05) is 39.8 Å². The van der Waals surface area contributed by atoms with E-state index in [4.69, 9.17) is 0 Å². The molecule has 0 spiro atoms. The summed E-state index contributed by atoms with van der Waals surface area (Å²) in [5.41, 5.74) is 1.30. The van der Waals surface area contributed by atoms with Crippen LogP contribution in [0.5, 0.6) is 0 Å². The molecule has 0 radical (unpaired) electrons. The first-order chi connectivity index (χ1) is 11.9. The number of carbonyl (C=O) groups excluding carboxylic acids is 1. The molecule has 146 valence electrons. The zero-order chi connectivity index (χ0) is 18.3. The van der Waals surface area contributed by atoms with E-state index in [-0.39, 0.29) is 36.4 Å². The third-order valence-corrected chi connectivity index (χ3v) is 4.53. The molecule has 7 heteroatoms. The lowest BCUT2D eigenvalue weighted by Crippen LogP contribution is -2.41. The van der Waals surface area contributed by atoms with Crippen molar-refractivity contribution in [1.82, 2.24) is 20.1 Å². The molecule has 1 aliphatic heterocycles. The highest BCUT2D eigenvalue weighted by molar-refractivity contribution is 14.0. The van der Waals surface area contributed by atoms with Crippen LogP contribution in [0.3, 0.4) is 0 Å². The molecule has 1 saturated heterocycles. The van der Waals surface area contributed by atoms with Crippen molar-refractivity contribution in [3.63, 3.8) is 0 Å². The first kappa shape index (κ1) is 22.7. The van der Waals surface area contributed by atoms with E-state index < -0.39 is 0 Å². The monoisotopic (exact) mass is 473 g/mol. The topological polar surface area (TPSA) is 60.8 Å². The number of nitrogens with zero attached hydrogens (tertiary/aromatic N) is 4. The van der Waals surface area contributed by atoms with Crippen LogP contribution in [0.15, 0.2) is 29.4 Å². The summed E-state index contributed by atoms with van der Waals surface area (Å²) in [6, 6.07) is 5.85. The number of aromatic nitrogens is 1. The second-order valence-corrected chi connectivity index (χ2v) is 7.39. The predicted octanol–water partition coefficient (Wildman–Crippen LogP) is 2.40. The van der Waals surface area contributed by atoms with Crippen LogP contribution in [-0.4, -0.2) is 66.4 Å². The molecule has 0 atom stereocenters. The van der Waals surface area contributed by atoms with E-state index in [9.17, 15) is 4.79 Å². The van der Waals surface area contributed by atoms with Gasteiger partial charge in [-0.15, -0.1) is 24.0 Å². The van der Waals surface area contributed by atoms with Crippen molar-refractivity contribution in [2.45, 2.75) is 33.6 Å². The zero-order valence-corrected chi connectivity index (χ0v) is 18.7. The first-order valence-electron chi connectivity index (χ1n) is 9.08. The number of pyridine rings is 1. The Labute approximate surface area is 174 Å². The molecule has 0 saturated carbocycles. The van der Waals surface area contributed by atoms with E-state index in [0.717, 1.165) is 44.1 Å². The van der Waals surface area contributed by atoms with Crippen molar-refractivity contribution >= 4 is 35.8 Å². The SMILES string of the molecule is CCNC(=NCC(=O)N(C)CCc1ccccn1)N1CCC(C)(C)C1.I. The van der Waals surface area contributed by atoms with Gasteiger partial charge in [0.15, 0.2) is 5.96 Å². The van der Waals surface area contributed by atoms with Gasteiger partial charge in [0.1, 0.15) is 6.54 Å². The number of rotatable bonds is 6. The number of amides is 1. The summed E-state index contributed by atoms with van der Waals surface area (Å²) in [6.07, 6.45) is 3.68. The molecule has 0 aliphatic carbocycles. The molecule has 1 N–H and O–H groups in total. The highest BCUT2D eigenvalue weighted by Crippen LogP contribution is 2.28. The second-order valence-electron chi connectivity index (χ2n) is 7.39. The van der Waals surface area contributed by atoms with Crippen molar-refractivity contribution in [3.8, 4) is 0 Å². The van der Waals surface area contributed by atoms with Crippen LogP contribution in [0, 0.1) is 5.41 Å². The first-order valence-corrected chi connectivity index (χ1v) is 9.08. The highest BCUT2D eigenvalue weighted by Gasteiger charge is 2.30. The van der Waals surface area contributed by atoms with Gasteiger partial charge in [0, 0.05) is 51.5 Å². The van der Waals surface area contributed by atoms with Gasteiger partial charge < -0.3 is 15.1 Å². The van der Waals surface area contributed by atoms with E-state index in [2.05, 4.69) is 41.0 Å². The van der Waals surface area contributed by atoms with Gasteiger partial charge in [0.25, 0.3) is 0 Å². The Hall–Kier alpha value is -1.38. The molecular weight excluding hydrogens is 441 g/mol. The second kappa shape index (κ2) is 10.7. The number of hydrogen-bond donors (Lipinski definition) is 1. The number of halogens is 1. The average Bonchev–Trinajstić information content (AvgIpc) is 2.96. The van der Waals surface area contributed by atoms with E-state index in [1.54, 1.807) is 11.1 Å². The fourth-order valence-electron chi connectivity index (χ4n) is 2.94. The molecule has 1 aliphatic rings. The minimum atomic E-state index is 0. The predicted molar refractivity (Wildman–Crippen MR) is 117 cm³/mol. The molecule has 2 heterocycles. The fourth-order valence-corrected chi connectivity index (χ4v) is 2.94. The summed E-state index contributed by atoms with van der Waals surface area (Å²) in [5.74, 6) is 0.879. The largest absolute Gasteiger partial charge is 0.357 e. The molecule has 0 unspecified atom stereocenters. The lowest BCUT2D eigenvalue weighted by atomic mass is 9.93. The Morgan fingerprint density at radius 3 is 2.77 bits per heavy atom. The molecule has 26 heavy (non-hydrogen) atoms. The maximum Gasteiger partial charge on any atom is 0.244 e. The molecular formula is C19H32IN5O. The minimum Gasteiger partial charge on any atom is -0.357 e. The van der Waals surface area contributed by atoms with Gasteiger partial charge in [0.2, 0.25) is 5.91 Å². The number of carbonyl (C=O) groups is 1. The maximum absolute atomic E-state index is 12.4. The van der Waals surface area contributed by atoms with E-state index in [1.807, 2.05) is 25.2 Å². The Morgan fingerprint density at radius 1 is 1.42 bits per heavy atom. The van der Waals surface area contributed by atoms with Crippen LogP contribution in [-0.2, 0) is 11.2 Å². The molecule has 2 rings (SSSR count). The van der Waals surface area contributed by atoms with Crippen molar-refractivity contribution in [2.24, 2.45) is 10.4 Å². The van der Waals surface area contributed by atoms with Crippen molar-refractivity contribution < 1.29 is 4.79 Å². The van der Waals surface area contributed by atoms with Gasteiger partial charge in [-0.2, -0.15) is 0 Å². The fraction of sp³-hybridized carbons (Fsp3) is 0.632. The van der Waals surface area contributed by atoms with E-state index in [1.165, 1.54) is 0 Å². The van der Waals surface area contributed by atoms with Gasteiger partial charge in [-0.3, -0.25) is 9.78 Å². The van der Waals surface area contributed by atoms with Gasteiger partial charge in [-0.1, -0.05) is 19.9 Å². The van der Waals surface area contributed by atoms with Gasteiger partial charge in [-0.25, -0.2) is 4.99 Å². The molecule has 1 amide bonds. The van der Waals surface area contributed by atoms with Crippen LogP contribution < -0.4 is 5.32 Å². The Bertz CT molecular complexity index is 591. The number of hydrogen-bond acceptors (Lipinski definition) is 3. The molecule has 0 aromatic carbocycles. The van der Waals surface area contributed by atoms with Crippen LogP contribution in [0.4, 0.5) is 0 Å². The third-order valence-electron chi connectivity index (χ3n) is 4.53. The number of likely N-dealkylation sites (tertiary alicyclic amines) is 1. The molecule has 1 aromatic heterocycles. The van der Waals surface area contributed by atoms with Crippen molar-refractivity contribution in [3.05, 3.63) is 30.1 Å². The molecule has 1 aromatic rings. The molecule has 0 bridgehead atoms. The summed E-state index contributed by atoms with van der Waals surface area (Å²) in [6.45, 7) is 10.2. The summed E-state index contributed by atoms with van der Waals surface area (Å²) < 4.78 is 0. The standard InChI is InChI=1S/C19H31N5O.HI/c1-5-20-18(24-13-10-19(2,3)15-24)22-14-17(25)23(4)12-9-16-8-6-7-11-21-16;/h6-8,11H,5,9-10,12-15H2,1-4H3,(H,20,22);1H. The third kappa shape index (κ3) is 7.09. The number of nitrogens with one attached hydrogen (secondary N) is 1. The summed E-state index contributed by atoms with van der Waals surface area (Å²) in [4.78, 5) is 25.2. The Kier molecular flexibility index (Phi) is 9.32. The summed E-state index contributed by atoms with van der Waals surface area (Å²) in [5, 5.41) is 3.31. The normalized spacial score (nSPS) is 16.2.